The predicted octanol–water partition coefficient (Wildman–Crippen LogP) is 6.02. The average molecular weight is 641 g/mol. The molecule has 230 valence electrons. The lowest BCUT2D eigenvalue weighted by atomic mass is 9.68. The van der Waals surface area contributed by atoms with Crippen LogP contribution in [0.5, 0.6) is 17.2 Å². The lowest BCUT2D eigenvalue weighted by Gasteiger charge is -2.43. The third kappa shape index (κ3) is 4.44. The van der Waals surface area contributed by atoms with Gasteiger partial charge in [0.2, 0.25) is 11.8 Å². The number of nitrogens with zero attached hydrogens (tertiary/aromatic N) is 1. The summed E-state index contributed by atoms with van der Waals surface area (Å²) in [5.41, 5.74) is 3.86. The Morgan fingerprint density at radius 3 is 2.40 bits per heavy atom. The van der Waals surface area contributed by atoms with Gasteiger partial charge in [0.25, 0.3) is 0 Å². The van der Waals surface area contributed by atoms with Gasteiger partial charge in [-0.1, -0.05) is 47.2 Å². The number of nitrogens with one attached hydrogen (secondary N) is 1. The highest BCUT2D eigenvalue weighted by Crippen LogP contribution is 2.68. The molecule has 0 spiro atoms. The molecule has 45 heavy (non-hydrogen) atoms. The van der Waals surface area contributed by atoms with Crippen molar-refractivity contribution in [2.45, 2.75) is 36.1 Å². The Labute approximate surface area is 268 Å². The van der Waals surface area contributed by atoms with Crippen molar-refractivity contribution in [2.24, 2.45) is 29.6 Å². The first-order valence-electron chi connectivity index (χ1n) is 15.1. The van der Waals surface area contributed by atoms with E-state index in [1.54, 1.807) is 50.2 Å². The number of aryl methyl sites for hydroxylation is 1. The first-order valence-corrected chi connectivity index (χ1v) is 16.8. The Kier molecular flexibility index (Phi) is 6.83. The van der Waals surface area contributed by atoms with Gasteiger partial charge in [-0.3, -0.25) is 19.3 Å². The molecule has 3 fully saturated rings. The fourth-order valence-corrected chi connectivity index (χ4v) is 11.2. The standard InChI is InChI=1S/C35H32N2O6S2/c1-17-5-4-6-18(13-17)16-43-24-12-7-19(14-25(24)42-3)26-27-22-15-23(30(27)44-32-31(26)45-35(40)36-32)29-28(22)33(38)37(34(29)39)20-8-10-21(41-2)11-9-20/h4-14,22-23,26-30H,15-16H2,1-3H3,(H,36,40)/t22-,23-,26+,27+,28+,29+,30-/m1/s1. The van der Waals surface area contributed by atoms with E-state index in [9.17, 15) is 14.4 Å². The number of carbonyl (C=O) groups excluding carboxylic acids is 2. The number of H-pyrrole nitrogens is 1. The first-order chi connectivity index (χ1) is 21.9. The van der Waals surface area contributed by atoms with Gasteiger partial charge < -0.3 is 19.2 Å². The molecule has 8 rings (SSSR count). The summed E-state index contributed by atoms with van der Waals surface area (Å²) in [7, 11) is 3.23. The number of methoxy groups -OCH3 is 2. The summed E-state index contributed by atoms with van der Waals surface area (Å²) in [6.07, 6.45) is 0.829. The second kappa shape index (κ2) is 10.8. The van der Waals surface area contributed by atoms with Crippen LogP contribution in [0.3, 0.4) is 0 Å². The van der Waals surface area contributed by atoms with Gasteiger partial charge >= 0.3 is 4.87 Å². The van der Waals surface area contributed by atoms with Crippen LogP contribution < -0.4 is 24.0 Å². The topological polar surface area (TPSA) is 97.9 Å². The Balaban J connectivity index is 1.14. The van der Waals surface area contributed by atoms with Crippen molar-refractivity contribution in [1.82, 2.24) is 4.98 Å². The van der Waals surface area contributed by atoms with Crippen LogP contribution in [0.25, 0.3) is 0 Å². The number of hydrogen-bond donors (Lipinski definition) is 1. The number of hydrogen-bond acceptors (Lipinski definition) is 8. The molecule has 4 aromatic rings. The molecule has 2 aliphatic carbocycles. The van der Waals surface area contributed by atoms with Crippen LogP contribution in [0.1, 0.15) is 33.9 Å². The minimum Gasteiger partial charge on any atom is -0.497 e. The molecule has 2 saturated carbocycles. The number of amides is 2. The van der Waals surface area contributed by atoms with Crippen molar-refractivity contribution < 1.29 is 23.8 Å². The number of fused-ring (bicyclic) bond motifs is 9. The number of carbonyl (C=O) groups is 2. The molecule has 4 aliphatic rings. The summed E-state index contributed by atoms with van der Waals surface area (Å²) >= 11 is 2.93. The van der Waals surface area contributed by atoms with Crippen LogP contribution >= 0.6 is 23.1 Å². The molecule has 2 bridgehead atoms. The summed E-state index contributed by atoms with van der Waals surface area (Å²) < 4.78 is 17.3. The van der Waals surface area contributed by atoms with Crippen molar-refractivity contribution in [3.8, 4) is 17.2 Å². The summed E-state index contributed by atoms with van der Waals surface area (Å²) in [4.78, 5) is 46.0. The Bertz CT molecular complexity index is 1880. The van der Waals surface area contributed by atoms with Crippen molar-refractivity contribution in [1.29, 1.82) is 0 Å². The molecule has 7 atom stereocenters. The second-order valence-electron chi connectivity index (χ2n) is 12.4. The molecule has 8 nitrogen and oxygen atoms in total. The van der Waals surface area contributed by atoms with E-state index < -0.39 is 0 Å². The minimum absolute atomic E-state index is 0.0239. The highest BCUT2D eigenvalue weighted by molar-refractivity contribution is 8.00. The Hall–Kier alpha value is -4.02. The summed E-state index contributed by atoms with van der Waals surface area (Å²) in [5, 5.41) is 0.984. The van der Waals surface area contributed by atoms with Crippen LogP contribution in [0, 0.1) is 36.5 Å². The predicted molar refractivity (Wildman–Crippen MR) is 172 cm³/mol. The molecule has 1 saturated heterocycles. The number of thioether (sulfide) groups is 1. The van der Waals surface area contributed by atoms with Crippen LogP contribution in [0.4, 0.5) is 5.69 Å². The SMILES string of the molecule is COc1ccc(N2C(=O)[C@H]3[C@H]4C[C@@H]([C@@H]3C2=O)[C@H]2[C@H](c3ccc(OCc5cccc(C)c5)c(OC)c3)c3sc(=O)[nH]c3S[C@H]42)cc1. The average Bonchev–Trinajstić information content (AvgIpc) is 3.79. The van der Waals surface area contributed by atoms with Gasteiger partial charge in [0.1, 0.15) is 12.4 Å². The quantitative estimate of drug-likeness (QED) is 0.247. The lowest BCUT2D eigenvalue weighted by molar-refractivity contribution is -0.123. The maximum absolute atomic E-state index is 14.0. The second-order valence-corrected chi connectivity index (χ2v) is 14.6. The molecule has 1 N–H and O–H groups in total. The van der Waals surface area contributed by atoms with Crippen molar-refractivity contribution in [3.05, 3.63) is 98.0 Å². The number of rotatable bonds is 7. The Morgan fingerprint density at radius 2 is 1.67 bits per heavy atom. The zero-order valence-electron chi connectivity index (χ0n) is 25.0. The fourth-order valence-electron chi connectivity index (χ4n) is 8.34. The van der Waals surface area contributed by atoms with E-state index in [1.807, 2.05) is 24.3 Å². The smallest absolute Gasteiger partial charge is 0.305 e. The molecule has 10 heteroatoms. The number of benzene rings is 3. The zero-order valence-corrected chi connectivity index (χ0v) is 26.7. The summed E-state index contributed by atoms with van der Waals surface area (Å²) in [5.74, 6) is 1.05. The van der Waals surface area contributed by atoms with Gasteiger partial charge in [-0.15, -0.1) is 11.8 Å². The highest BCUT2D eigenvalue weighted by atomic mass is 32.2. The van der Waals surface area contributed by atoms with E-state index in [0.29, 0.717) is 29.5 Å². The number of aromatic nitrogens is 1. The monoisotopic (exact) mass is 640 g/mol. The maximum atomic E-state index is 14.0. The first kappa shape index (κ1) is 28.5. The number of imide groups is 1. The zero-order chi connectivity index (χ0) is 31.0. The summed E-state index contributed by atoms with van der Waals surface area (Å²) in [6, 6.07) is 21.4. The largest absolute Gasteiger partial charge is 0.497 e. The van der Waals surface area contributed by atoms with E-state index in [0.717, 1.165) is 27.5 Å². The van der Waals surface area contributed by atoms with E-state index >= 15 is 0 Å². The number of thiazole rings is 1. The minimum atomic E-state index is -0.370. The molecule has 0 unspecified atom stereocenters. The van der Waals surface area contributed by atoms with Gasteiger partial charge in [-0.25, -0.2) is 0 Å². The molecule has 3 aromatic carbocycles. The van der Waals surface area contributed by atoms with E-state index in [2.05, 4.69) is 30.1 Å². The fraction of sp³-hybridized carbons (Fsp3) is 0.343. The third-order valence-corrected chi connectivity index (χ3v) is 12.7. The Morgan fingerprint density at radius 1 is 0.889 bits per heavy atom. The number of anilines is 1. The molecule has 3 heterocycles. The molecule has 2 amide bonds. The van der Waals surface area contributed by atoms with Crippen molar-refractivity contribution >= 4 is 40.6 Å². The van der Waals surface area contributed by atoms with Gasteiger partial charge in [0, 0.05) is 16.0 Å². The molecule has 2 aliphatic heterocycles. The van der Waals surface area contributed by atoms with Crippen LogP contribution in [-0.2, 0) is 16.2 Å². The normalized spacial score (nSPS) is 27.7. The van der Waals surface area contributed by atoms with Crippen LogP contribution in [-0.4, -0.2) is 36.3 Å². The highest BCUT2D eigenvalue weighted by Gasteiger charge is 2.69. The van der Waals surface area contributed by atoms with Crippen LogP contribution in [0.15, 0.2) is 76.6 Å². The molecular formula is C35H32N2O6S2. The van der Waals surface area contributed by atoms with Gasteiger partial charge in [-0.2, -0.15) is 0 Å². The third-order valence-electron chi connectivity index (χ3n) is 10.1. The van der Waals surface area contributed by atoms with Crippen molar-refractivity contribution in [2.75, 3.05) is 19.1 Å². The molecule has 0 radical (unpaired) electrons. The van der Waals surface area contributed by atoms with Gasteiger partial charge in [0.15, 0.2) is 11.5 Å². The van der Waals surface area contributed by atoms with Gasteiger partial charge in [-0.05, 0) is 78.6 Å². The van der Waals surface area contributed by atoms with Crippen LogP contribution in [0.2, 0.25) is 0 Å². The van der Waals surface area contributed by atoms with Crippen molar-refractivity contribution in [3.63, 3.8) is 0 Å². The molecular weight excluding hydrogens is 609 g/mol. The van der Waals surface area contributed by atoms with E-state index in [1.165, 1.54) is 21.8 Å². The number of ether oxygens (including phenoxy) is 3. The lowest BCUT2D eigenvalue weighted by Crippen LogP contribution is -2.42. The van der Waals surface area contributed by atoms with Gasteiger partial charge in [0.05, 0.1) is 36.8 Å². The number of aromatic amines is 1. The van der Waals surface area contributed by atoms with E-state index in [4.69, 9.17) is 14.2 Å². The maximum Gasteiger partial charge on any atom is 0.305 e. The molecule has 1 aromatic heterocycles. The summed E-state index contributed by atoms with van der Waals surface area (Å²) in [6.45, 7) is 2.47. The van der Waals surface area contributed by atoms with E-state index in [-0.39, 0.29) is 57.4 Å².